The minimum atomic E-state index is 0.625. The molecule has 0 heterocycles. The van der Waals surface area contributed by atoms with Crippen molar-refractivity contribution < 1.29 is 0 Å². The molecule has 0 aliphatic heterocycles. The lowest BCUT2D eigenvalue weighted by molar-refractivity contribution is 0.462. The summed E-state index contributed by atoms with van der Waals surface area (Å²) in [5.74, 6) is 0.625. The fraction of sp³-hybridized carbons (Fsp3) is 0.625. The van der Waals surface area contributed by atoms with E-state index < -0.39 is 0 Å². The number of benzene rings is 1. The Balaban J connectivity index is 2.46. The molecule has 1 unspecified atom stereocenters. The van der Waals surface area contributed by atoms with E-state index in [0.29, 0.717) is 12.0 Å². The Bertz CT molecular complexity index is 300. The molecule has 96 valence electrons. The number of nitrogens with one attached hydrogen (secondary N) is 1. The molecule has 1 atom stereocenters. The van der Waals surface area contributed by atoms with Crippen LogP contribution in [0.1, 0.15) is 64.0 Å². The molecule has 0 amide bonds. The van der Waals surface area contributed by atoms with E-state index in [1.807, 2.05) is 0 Å². The van der Waals surface area contributed by atoms with Gasteiger partial charge < -0.3 is 5.32 Å². The monoisotopic (exact) mass is 233 g/mol. The van der Waals surface area contributed by atoms with Crippen LogP contribution in [-0.2, 0) is 6.54 Å². The summed E-state index contributed by atoms with van der Waals surface area (Å²) in [6, 6.07) is 9.68. The zero-order valence-corrected chi connectivity index (χ0v) is 11.8. The SMILES string of the molecule is CCCC(CC)NCc1ccc(C(C)C)cc1. The lowest BCUT2D eigenvalue weighted by Gasteiger charge is -2.16. The third-order valence-corrected chi connectivity index (χ3v) is 3.37. The van der Waals surface area contributed by atoms with Crippen molar-refractivity contribution in [3.8, 4) is 0 Å². The highest BCUT2D eigenvalue weighted by Gasteiger charge is 2.04. The quantitative estimate of drug-likeness (QED) is 0.732. The third-order valence-electron chi connectivity index (χ3n) is 3.37. The van der Waals surface area contributed by atoms with Crippen molar-refractivity contribution in [1.82, 2.24) is 5.32 Å². The summed E-state index contributed by atoms with van der Waals surface area (Å²) < 4.78 is 0. The Morgan fingerprint density at radius 1 is 1.06 bits per heavy atom. The second-order valence-corrected chi connectivity index (χ2v) is 5.17. The minimum absolute atomic E-state index is 0.625. The number of rotatable bonds is 7. The predicted octanol–water partition coefficient (Wildman–Crippen LogP) is 4.48. The van der Waals surface area contributed by atoms with Crippen LogP contribution in [0, 0.1) is 0 Å². The maximum atomic E-state index is 3.64. The molecule has 1 heteroatoms. The third kappa shape index (κ3) is 4.91. The standard InChI is InChI=1S/C16H27N/c1-5-7-16(6-2)17-12-14-8-10-15(11-9-14)13(3)4/h8-11,13,16-17H,5-7,12H2,1-4H3. The lowest BCUT2D eigenvalue weighted by atomic mass is 10.0. The summed E-state index contributed by atoms with van der Waals surface area (Å²) in [5, 5.41) is 3.64. The van der Waals surface area contributed by atoms with Crippen molar-refractivity contribution in [2.75, 3.05) is 0 Å². The van der Waals surface area contributed by atoms with Gasteiger partial charge >= 0.3 is 0 Å². The van der Waals surface area contributed by atoms with Crippen LogP contribution in [0.4, 0.5) is 0 Å². The zero-order chi connectivity index (χ0) is 12.7. The maximum Gasteiger partial charge on any atom is 0.0208 e. The van der Waals surface area contributed by atoms with E-state index >= 15 is 0 Å². The first-order valence-corrected chi connectivity index (χ1v) is 6.99. The van der Waals surface area contributed by atoms with E-state index in [4.69, 9.17) is 0 Å². The Kier molecular flexibility index (Phi) is 6.28. The molecule has 0 aliphatic rings. The van der Waals surface area contributed by atoms with Gasteiger partial charge in [-0.3, -0.25) is 0 Å². The summed E-state index contributed by atoms with van der Waals surface area (Å²) in [6.07, 6.45) is 3.76. The highest BCUT2D eigenvalue weighted by molar-refractivity contribution is 5.24. The van der Waals surface area contributed by atoms with Crippen LogP contribution < -0.4 is 5.32 Å². The van der Waals surface area contributed by atoms with Crippen LogP contribution in [0.2, 0.25) is 0 Å². The van der Waals surface area contributed by atoms with Crippen LogP contribution in [0.15, 0.2) is 24.3 Å². The maximum absolute atomic E-state index is 3.64. The van der Waals surface area contributed by atoms with Crippen molar-refractivity contribution in [2.45, 2.75) is 65.5 Å². The lowest BCUT2D eigenvalue weighted by Crippen LogP contribution is -2.27. The molecule has 1 nitrogen and oxygen atoms in total. The van der Waals surface area contributed by atoms with Crippen molar-refractivity contribution >= 4 is 0 Å². The van der Waals surface area contributed by atoms with Gasteiger partial charge in [0.2, 0.25) is 0 Å². The fourth-order valence-corrected chi connectivity index (χ4v) is 2.08. The van der Waals surface area contributed by atoms with Gasteiger partial charge in [0, 0.05) is 12.6 Å². The molecule has 0 spiro atoms. The molecule has 0 saturated heterocycles. The van der Waals surface area contributed by atoms with E-state index in [1.165, 1.54) is 30.4 Å². The Morgan fingerprint density at radius 2 is 1.71 bits per heavy atom. The average molecular weight is 233 g/mol. The smallest absolute Gasteiger partial charge is 0.0208 e. The summed E-state index contributed by atoms with van der Waals surface area (Å²) >= 11 is 0. The molecular formula is C16H27N. The van der Waals surface area contributed by atoms with Gasteiger partial charge in [0.25, 0.3) is 0 Å². The second kappa shape index (κ2) is 7.50. The van der Waals surface area contributed by atoms with Crippen molar-refractivity contribution in [2.24, 2.45) is 0 Å². The summed E-state index contributed by atoms with van der Waals surface area (Å²) in [6.45, 7) is 9.98. The first-order chi connectivity index (χ1) is 8.17. The van der Waals surface area contributed by atoms with Crippen molar-refractivity contribution in [3.63, 3.8) is 0 Å². The van der Waals surface area contributed by atoms with Gasteiger partial charge in [-0.1, -0.05) is 58.4 Å². The summed E-state index contributed by atoms with van der Waals surface area (Å²) in [7, 11) is 0. The summed E-state index contributed by atoms with van der Waals surface area (Å²) in [4.78, 5) is 0. The van der Waals surface area contributed by atoms with Gasteiger partial charge in [-0.05, 0) is 29.9 Å². The molecule has 0 radical (unpaired) electrons. The Hall–Kier alpha value is -0.820. The van der Waals surface area contributed by atoms with Gasteiger partial charge in [-0.15, -0.1) is 0 Å². The highest BCUT2D eigenvalue weighted by atomic mass is 14.9. The van der Waals surface area contributed by atoms with Crippen LogP contribution >= 0.6 is 0 Å². The van der Waals surface area contributed by atoms with Crippen molar-refractivity contribution in [3.05, 3.63) is 35.4 Å². The summed E-state index contributed by atoms with van der Waals surface area (Å²) in [5.41, 5.74) is 2.82. The topological polar surface area (TPSA) is 12.0 Å². The molecule has 0 aromatic heterocycles. The van der Waals surface area contributed by atoms with Crippen LogP contribution in [0.5, 0.6) is 0 Å². The minimum Gasteiger partial charge on any atom is -0.310 e. The highest BCUT2D eigenvalue weighted by Crippen LogP contribution is 2.14. The van der Waals surface area contributed by atoms with Gasteiger partial charge in [0.15, 0.2) is 0 Å². The van der Waals surface area contributed by atoms with Crippen LogP contribution in [0.25, 0.3) is 0 Å². The second-order valence-electron chi connectivity index (χ2n) is 5.17. The zero-order valence-electron chi connectivity index (χ0n) is 11.8. The van der Waals surface area contributed by atoms with Gasteiger partial charge in [-0.25, -0.2) is 0 Å². The molecule has 0 saturated carbocycles. The molecule has 1 aromatic rings. The molecule has 17 heavy (non-hydrogen) atoms. The molecule has 1 rings (SSSR count). The predicted molar refractivity (Wildman–Crippen MR) is 76.4 cm³/mol. The van der Waals surface area contributed by atoms with Gasteiger partial charge in [0.05, 0.1) is 0 Å². The average Bonchev–Trinajstić information content (AvgIpc) is 2.35. The van der Waals surface area contributed by atoms with E-state index in [-0.39, 0.29) is 0 Å². The van der Waals surface area contributed by atoms with E-state index in [9.17, 15) is 0 Å². The molecule has 0 bridgehead atoms. The van der Waals surface area contributed by atoms with Gasteiger partial charge in [-0.2, -0.15) is 0 Å². The number of hydrogen-bond donors (Lipinski definition) is 1. The largest absolute Gasteiger partial charge is 0.310 e. The number of hydrogen-bond acceptors (Lipinski definition) is 1. The molecule has 1 N–H and O–H groups in total. The normalized spacial score (nSPS) is 13.0. The Morgan fingerprint density at radius 3 is 2.18 bits per heavy atom. The Labute approximate surface area is 107 Å². The molecule has 0 aliphatic carbocycles. The van der Waals surface area contributed by atoms with E-state index in [0.717, 1.165) is 6.54 Å². The molecule has 1 aromatic carbocycles. The van der Waals surface area contributed by atoms with Crippen LogP contribution in [0.3, 0.4) is 0 Å². The van der Waals surface area contributed by atoms with Crippen LogP contribution in [-0.4, -0.2) is 6.04 Å². The molecule has 0 fully saturated rings. The van der Waals surface area contributed by atoms with Gasteiger partial charge in [0.1, 0.15) is 0 Å². The molecular weight excluding hydrogens is 206 g/mol. The first kappa shape index (κ1) is 14.2. The first-order valence-electron chi connectivity index (χ1n) is 6.99. The van der Waals surface area contributed by atoms with E-state index in [1.54, 1.807) is 0 Å². The van der Waals surface area contributed by atoms with Crippen molar-refractivity contribution in [1.29, 1.82) is 0 Å². The van der Waals surface area contributed by atoms with E-state index in [2.05, 4.69) is 57.3 Å². The fourth-order valence-electron chi connectivity index (χ4n) is 2.08.